The number of nitrogens with zero attached hydrogens (tertiary/aromatic N) is 6. The predicted molar refractivity (Wildman–Crippen MR) is 231 cm³/mol. The molecule has 5 aromatic carbocycles. The molecular weight excluding hydrogens is 713 g/mol. The molecule has 9 aromatic rings. The molecule has 0 amide bonds. The first kappa shape index (κ1) is 35.2. The molecule has 58 heavy (non-hydrogen) atoms. The molecular formula is C51H40N6O. The molecule has 0 N–H and O–H groups in total. The summed E-state index contributed by atoms with van der Waals surface area (Å²) in [5, 5.41) is 1.14. The molecule has 0 bridgehead atoms. The molecule has 0 saturated heterocycles. The Bertz CT molecular complexity index is 2900. The predicted octanol–water partition coefficient (Wildman–Crippen LogP) is 12.0. The lowest BCUT2D eigenvalue weighted by atomic mass is 9.61. The Balaban J connectivity index is 1.22. The fourth-order valence-corrected chi connectivity index (χ4v) is 8.68. The summed E-state index contributed by atoms with van der Waals surface area (Å²) in [6.45, 7) is 9.21. The van der Waals surface area contributed by atoms with Gasteiger partial charge in [-0.05, 0) is 28.8 Å². The minimum Gasteiger partial charge on any atom is -0.421 e. The lowest BCUT2D eigenvalue weighted by molar-refractivity contribution is 0.436. The summed E-state index contributed by atoms with van der Waals surface area (Å²) >= 11 is 0. The second-order valence-electron chi connectivity index (χ2n) is 15.8. The molecule has 0 atom stereocenters. The van der Waals surface area contributed by atoms with Crippen LogP contribution in [0.3, 0.4) is 0 Å². The molecule has 0 spiro atoms. The molecule has 7 heteroatoms. The Morgan fingerprint density at radius 1 is 0.448 bits per heavy atom. The van der Waals surface area contributed by atoms with E-state index in [2.05, 4.69) is 99.0 Å². The van der Waals surface area contributed by atoms with Crippen molar-refractivity contribution in [3.8, 4) is 63.0 Å². The van der Waals surface area contributed by atoms with Gasteiger partial charge in [-0.2, -0.15) is 9.97 Å². The first-order valence-corrected chi connectivity index (χ1v) is 19.6. The van der Waals surface area contributed by atoms with Crippen LogP contribution >= 0.6 is 0 Å². The molecule has 1 aliphatic rings. The van der Waals surface area contributed by atoms with Gasteiger partial charge in [0.15, 0.2) is 11.6 Å². The normalized spacial score (nSPS) is 13.8. The van der Waals surface area contributed by atoms with E-state index in [0.29, 0.717) is 29.4 Å². The molecule has 0 radical (unpaired) electrons. The number of pyridine rings is 2. The van der Waals surface area contributed by atoms with Gasteiger partial charge >= 0.3 is 0 Å². The maximum atomic E-state index is 6.66. The molecule has 0 fully saturated rings. The number of aromatic nitrogens is 6. The van der Waals surface area contributed by atoms with Crippen molar-refractivity contribution in [2.45, 2.75) is 38.5 Å². The van der Waals surface area contributed by atoms with E-state index >= 15 is 0 Å². The Morgan fingerprint density at radius 3 is 1.62 bits per heavy atom. The maximum absolute atomic E-state index is 6.66. The lowest BCUT2D eigenvalue weighted by Crippen LogP contribution is -2.38. The van der Waals surface area contributed by atoms with Crippen molar-refractivity contribution in [1.82, 2.24) is 29.5 Å². The Hall–Kier alpha value is -7.25. The number of hydrogen-bond donors (Lipinski definition) is 0. The van der Waals surface area contributed by atoms with E-state index in [-0.39, 0.29) is 0 Å². The molecule has 4 aromatic heterocycles. The van der Waals surface area contributed by atoms with E-state index in [9.17, 15) is 0 Å². The van der Waals surface area contributed by atoms with Gasteiger partial charge in [0, 0.05) is 56.3 Å². The van der Waals surface area contributed by atoms with Crippen LogP contribution in [0.4, 0.5) is 0 Å². The van der Waals surface area contributed by atoms with Crippen LogP contribution < -0.4 is 4.74 Å². The standard InChI is InChI=1S/C51H40N6O/c1-50(2)38-32-42(58-41-31-19-29-39(52-41)33-20-9-5-10-21-33)53-45(34-22-11-6-12-23-34)44(38)51(3,4)43-37-28-17-18-30-40(37)57(46(43)50)49-55-47(35-24-13-7-14-25-35)54-48(56-49)36-26-15-8-16-27-36/h5-32H,1-4H3. The third-order valence-corrected chi connectivity index (χ3v) is 11.3. The molecule has 0 unspecified atom stereocenters. The Morgan fingerprint density at radius 2 is 1.00 bits per heavy atom. The van der Waals surface area contributed by atoms with Crippen LogP contribution in [0.15, 0.2) is 170 Å². The van der Waals surface area contributed by atoms with Crippen LogP contribution in [0.1, 0.15) is 50.1 Å². The zero-order chi connectivity index (χ0) is 39.4. The minimum absolute atomic E-state index is 0.475. The van der Waals surface area contributed by atoms with Gasteiger partial charge in [-0.25, -0.2) is 15.0 Å². The van der Waals surface area contributed by atoms with Gasteiger partial charge in [-0.1, -0.05) is 173 Å². The Kier molecular flexibility index (Phi) is 8.34. The van der Waals surface area contributed by atoms with E-state index in [4.69, 9.17) is 29.7 Å². The summed E-state index contributed by atoms with van der Waals surface area (Å²) in [5.74, 6) is 2.74. The highest BCUT2D eigenvalue weighted by atomic mass is 16.5. The van der Waals surface area contributed by atoms with Crippen molar-refractivity contribution >= 4 is 10.9 Å². The largest absolute Gasteiger partial charge is 0.421 e. The topological polar surface area (TPSA) is 78.6 Å². The lowest BCUT2D eigenvalue weighted by Gasteiger charge is -2.43. The quantitative estimate of drug-likeness (QED) is 0.161. The summed E-state index contributed by atoms with van der Waals surface area (Å²) in [5.41, 5.74) is 10.1. The molecule has 0 aliphatic heterocycles. The fourth-order valence-electron chi connectivity index (χ4n) is 8.68. The third-order valence-electron chi connectivity index (χ3n) is 11.3. The third kappa shape index (κ3) is 5.86. The average molecular weight is 753 g/mol. The van der Waals surface area contributed by atoms with Crippen molar-refractivity contribution < 1.29 is 4.74 Å². The van der Waals surface area contributed by atoms with Crippen LogP contribution in [0.2, 0.25) is 0 Å². The number of para-hydroxylation sites is 1. The van der Waals surface area contributed by atoms with E-state index < -0.39 is 10.8 Å². The van der Waals surface area contributed by atoms with Crippen LogP contribution in [0.25, 0.3) is 62.1 Å². The van der Waals surface area contributed by atoms with E-state index in [0.717, 1.165) is 61.4 Å². The highest BCUT2D eigenvalue weighted by molar-refractivity contribution is 5.92. The Labute approximate surface area is 337 Å². The highest BCUT2D eigenvalue weighted by Gasteiger charge is 2.48. The average Bonchev–Trinajstić information content (AvgIpc) is 3.65. The van der Waals surface area contributed by atoms with Gasteiger partial charge in [0.25, 0.3) is 0 Å². The summed E-state index contributed by atoms with van der Waals surface area (Å²) in [6, 6.07) is 57.4. The highest BCUT2D eigenvalue weighted by Crippen LogP contribution is 2.56. The number of hydrogen-bond acceptors (Lipinski definition) is 6. The number of rotatable bonds is 7. The second kappa shape index (κ2) is 13.7. The van der Waals surface area contributed by atoms with E-state index in [1.807, 2.05) is 103 Å². The van der Waals surface area contributed by atoms with E-state index in [1.165, 1.54) is 5.56 Å². The number of benzene rings is 5. The molecule has 4 heterocycles. The fraction of sp³-hybridized carbons (Fsp3) is 0.118. The summed E-state index contributed by atoms with van der Waals surface area (Å²) < 4.78 is 8.93. The summed E-state index contributed by atoms with van der Waals surface area (Å²) in [7, 11) is 0. The van der Waals surface area contributed by atoms with Gasteiger partial charge in [-0.3, -0.25) is 4.57 Å². The van der Waals surface area contributed by atoms with Crippen molar-refractivity contribution in [2.24, 2.45) is 0 Å². The van der Waals surface area contributed by atoms with Crippen molar-refractivity contribution in [1.29, 1.82) is 0 Å². The molecule has 1 aliphatic carbocycles. The number of fused-ring (bicyclic) bond motifs is 4. The van der Waals surface area contributed by atoms with Gasteiger partial charge in [0.2, 0.25) is 17.7 Å². The first-order chi connectivity index (χ1) is 28.3. The van der Waals surface area contributed by atoms with Gasteiger partial charge in [0.1, 0.15) is 0 Å². The van der Waals surface area contributed by atoms with Crippen LogP contribution in [-0.4, -0.2) is 29.5 Å². The van der Waals surface area contributed by atoms with E-state index in [1.54, 1.807) is 0 Å². The maximum Gasteiger partial charge on any atom is 0.238 e. The van der Waals surface area contributed by atoms with Gasteiger partial charge in [-0.15, -0.1) is 0 Å². The molecule has 0 saturated carbocycles. The summed E-state index contributed by atoms with van der Waals surface area (Å²) in [6.07, 6.45) is 0. The summed E-state index contributed by atoms with van der Waals surface area (Å²) in [4.78, 5) is 25.8. The second-order valence-corrected chi connectivity index (χ2v) is 15.8. The van der Waals surface area contributed by atoms with Gasteiger partial charge < -0.3 is 4.74 Å². The minimum atomic E-state index is -0.588. The van der Waals surface area contributed by atoms with Crippen LogP contribution in [-0.2, 0) is 10.8 Å². The molecule has 10 rings (SSSR count). The SMILES string of the molecule is CC1(C)c2c(cc(Oc3cccc(-c4ccccc4)n3)nc2-c2ccccc2)C(C)(C)c2c1c1ccccc1n2-c1nc(-c2ccccc2)nc(-c2ccccc2)n1. The van der Waals surface area contributed by atoms with Crippen molar-refractivity contribution in [3.05, 3.63) is 192 Å². The smallest absolute Gasteiger partial charge is 0.238 e. The van der Waals surface area contributed by atoms with Crippen LogP contribution in [0.5, 0.6) is 11.8 Å². The zero-order valence-electron chi connectivity index (χ0n) is 32.8. The van der Waals surface area contributed by atoms with Crippen molar-refractivity contribution in [3.63, 3.8) is 0 Å². The van der Waals surface area contributed by atoms with Gasteiger partial charge in [0.05, 0.1) is 16.9 Å². The van der Waals surface area contributed by atoms with Crippen LogP contribution in [0, 0.1) is 0 Å². The first-order valence-electron chi connectivity index (χ1n) is 19.6. The number of ether oxygens (including phenoxy) is 1. The zero-order valence-corrected chi connectivity index (χ0v) is 32.8. The van der Waals surface area contributed by atoms with Crippen molar-refractivity contribution in [2.75, 3.05) is 0 Å². The molecule has 7 nitrogen and oxygen atoms in total. The molecule has 280 valence electrons. The monoisotopic (exact) mass is 752 g/mol.